The minimum Gasteiger partial charge on any atom is -0.325 e. The van der Waals surface area contributed by atoms with Crippen molar-refractivity contribution in [2.75, 3.05) is 18.4 Å². The Bertz CT molecular complexity index is 922. The number of nitrogens with one attached hydrogen (secondary N) is 1. The van der Waals surface area contributed by atoms with Gasteiger partial charge in [-0.15, -0.1) is 11.3 Å². The first-order valence-corrected chi connectivity index (χ1v) is 10.4. The Morgan fingerprint density at radius 1 is 1.35 bits per heavy atom. The summed E-state index contributed by atoms with van der Waals surface area (Å²) < 4.78 is 2.23. The van der Waals surface area contributed by atoms with Crippen molar-refractivity contribution in [2.24, 2.45) is 0 Å². The highest BCUT2D eigenvalue weighted by molar-refractivity contribution is 9.10. The molecule has 0 aliphatic carbocycles. The number of rotatable bonds is 4. The normalized spacial score (nSPS) is 17.7. The van der Waals surface area contributed by atoms with Gasteiger partial charge in [-0.1, -0.05) is 28.1 Å². The Hall–Kier alpha value is -1.76. The lowest BCUT2D eigenvalue weighted by Crippen LogP contribution is -2.33. The van der Waals surface area contributed by atoms with Crippen molar-refractivity contribution in [2.45, 2.75) is 25.8 Å². The van der Waals surface area contributed by atoms with E-state index in [1.807, 2.05) is 37.3 Å². The van der Waals surface area contributed by atoms with Crippen LogP contribution in [0.5, 0.6) is 0 Å². The molecule has 1 fully saturated rings. The summed E-state index contributed by atoms with van der Waals surface area (Å²) >= 11 is 5.20. The van der Waals surface area contributed by atoms with Gasteiger partial charge in [0.15, 0.2) is 0 Å². The van der Waals surface area contributed by atoms with Gasteiger partial charge in [0, 0.05) is 10.2 Å². The number of nitrogens with zero attached hydrogens (tertiary/aromatic N) is 2. The van der Waals surface area contributed by atoms with E-state index in [0.717, 1.165) is 45.6 Å². The fourth-order valence-corrected chi connectivity index (χ4v) is 5.08. The molecule has 1 unspecified atom stereocenters. The standard InChI is InChI=1S/C20H20BrN3OS/c1-13-11-14(21)8-9-15(13)22-19(25)12-24-10-4-6-17(24)20-23-16-5-2-3-7-18(16)26-20/h2-3,5,7-9,11,17H,4,6,10,12H2,1H3,(H,22,25). The lowest BCUT2D eigenvalue weighted by Gasteiger charge is -2.22. The lowest BCUT2D eigenvalue weighted by atomic mass is 10.2. The van der Waals surface area contributed by atoms with Crippen LogP contribution in [0.4, 0.5) is 5.69 Å². The van der Waals surface area contributed by atoms with E-state index >= 15 is 0 Å². The quantitative estimate of drug-likeness (QED) is 0.623. The number of hydrogen-bond acceptors (Lipinski definition) is 4. The van der Waals surface area contributed by atoms with E-state index in [1.165, 1.54) is 4.70 Å². The maximum atomic E-state index is 12.6. The summed E-state index contributed by atoms with van der Waals surface area (Å²) in [5.41, 5.74) is 2.97. The number of likely N-dealkylation sites (tertiary alicyclic amines) is 1. The average Bonchev–Trinajstić information content (AvgIpc) is 3.23. The molecule has 134 valence electrons. The number of aromatic nitrogens is 1. The van der Waals surface area contributed by atoms with Crippen LogP contribution in [0.15, 0.2) is 46.9 Å². The van der Waals surface area contributed by atoms with E-state index in [9.17, 15) is 4.79 Å². The van der Waals surface area contributed by atoms with Gasteiger partial charge < -0.3 is 5.32 Å². The van der Waals surface area contributed by atoms with E-state index < -0.39 is 0 Å². The topological polar surface area (TPSA) is 45.2 Å². The van der Waals surface area contributed by atoms with Crippen molar-refractivity contribution in [1.82, 2.24) is 9.88 Å². The van der Waals surface area contributed by atoms with Gasteiger partial charge in [0.05, 0.1) is 22.8 Å². The molecule has 2 heterocycles. The Labute approximate surface area is 165 Å². The van der Waals surface area contributed by atoms with E-state index in [0.29, 0.717) is 6.54 Å². The largest absolute Gasteiger partial charge is 0.325 e. The second kappa shape index (κ2) is 7.47. The number of benzene rings is 2. The highest BCUT2D eigenvalue weighted by Crippen LogP contribution is 2.36. The van der Waals surface area contributed by atoms with Crippen LogP contribution in [0.1, 0.15) is 29.5 Å². The lowest BCUT2D eigenvalue weighted by molar-refractivity contribution is -0.117. The van der Waals surface area contributed by atoms with Crippen molar-refractivity contribution < 1.29 is 4.79 Å². The van der Waals surface area contributed by atoms with Crippen LogP contribution in [-0.4, -0.2) is 28.9 Å². The summed E-state index contributed by atoms with van der Waals surface area (Å²) in [6.45, 7) is 3.34. The van der Waals surface area contributed by atoms with Crippen molar-refractivity contribution in [1.29, 1.82) is 0 Å². The Kier molecular flexibility index (Phi) is 5.07. The SMILES string of the molecule is Cc1cc(Br)ccc1NC(=O)CN1CCCC1c1nc2ccccc2s1. The molecule has 1 saturated heterocycles. The average molecular weight is 430 g/mol. The van der Waals surface area contributed by atoms with Gasteiger partial charge in [0.2, 0.25) is 5.91 Å². The predicted molar refractivity (Wildman–Crippen MR) is 111 cm³/mol. The molecule has 4 rings (SSSR count). The van der Waals surface area contributed by atoms with Crippen LogP contribution >= 0.6 is 27.3 Å². The fraction of sp³-hybridized carbons (Fsp3) is 0.300. The van der Waals surface area contributed by atoms with Crippen LogP contribution in [0, 0.1) is 6.92 Å². The number of halogens is 1. The zero-order valence-corrected chi connectivity index (χ0v) is 16.9. The maximum absolute atomic E-state index is 12.6. The summed E-state index contributed by atoms with van der Waals surface area (Å²) in [7, 11) is 0. The molecule has 1 aromatic heterocycles. The Balaban J connectivity index is 1.47. The third kappa shape index (κ3) is 3.68. The third-order valence-corrected chi connectivity index (χ3v) is 6.40. The zero-order valence-electron chi connectivity index (χ0n) is 14.5. The second-order valence-corrected chi connectivity index (χ2v) is 8.63. The molecular weight excluding hydrogens is 410 g/mol. The number of carbonyl (C=O) groups excluding carboxylic acids is 1. The van der Waals surface area contributed by atoms with E-state index in [1.54, 1.807) is 11.3 Å². The monoisotopic (exact) mass is 429 g/mol. The summed E-state index contributed by atoms with van der Waals surface area (Å²) in [6.07, 6.45) is 2.16. The van der Waals surface area contributed by atoms with Crippen molar-refractivity contribution in [3.63, 3.8) is 0 Å². The van der Waals surface area contributed by atoms with Gasteiger partial charge >= 0.3 is 0 Å². The fourth-order valence-electron chi connectivity index (χ4n) is 3.47. The third-order valence-electron chi connectivity index (χ3n) is 4.77. The molecule has 1 N–H and O–H groups in total. The molecule has 6 heteroatoms. The van der Waals surface area contributed by atoms with E-state index in [2.05, 4.69) is 38.3 Å². The molecule has 1 aliphatic heterocycles. The predicted octanol–water partition coefficient (Wildman–Crippen LogP) is 5.14. The minimum atomic E-state index is 0.0310. The molecule has 4 nitrogen and oxygen atoms in total. The Morgan fingerprint density at radius 3 is 3.00 bits per heavy atom. The van der Waals surface area contributed by atoms with Gasteiger partial charge in [0.25, 0.3) is 0 Å². The van der Waals surface area contributed by atoms with Crippen molar-refractivity contribution in [3.05, 3.63) is 57.5 Å². The molecule has 0 spiro atoms. The molecule has 26 heavy (non-hydrogen) atoms. The molecule has 1 atom stereocenters. The first-order chi connectivity index (χ1) is 12.6. The number of fused-ring (bicyclic) bond motifs is 1. The van der Waals surface area contributed by atoms with Gasteiger partial charge in [-0.25, -0.2) is 4.98 Å². The summed E-state index contributed by atoms with van der Waals surface area (Å²) in [6, 6.07) is 14.4. The number of amides is 1. The van der Waals surface area contributed by atoms with E-state index in [-0.39, 0.29) is 11.9 Å². The van der Waals surface area contributed by atoms with Crippen molar-refractivity contribution in [3.8, 4) is 0 Å². The summed E-state index contributed by atoms with van der Waals surface area (Å²) in [5.74, 6) is 0.0310. The number of anilines is 1. The van der Waals surface area contributed by atoms with Gasteiger partial charge in [-0.3, -0.25) is 9.69 Å². The van der Waals surface area contributed by atoms with Gasteiger partial charge in [0.1, 0.15) is 5.01 Å². The maximum Gasteiger partial charge on any atom is 0.238 e. The molecule has 1 amide bonds. The van der Waals surface area contributed by atoms with E-state index in [4.69, 9.17) is 4.98 Å². The van der Waals surface area contributed by atoms with Gasteiger partial charge in [-0.05, 0) is 62.2 Å². The molecule has 0 saturated carbocycles. The molecule has 3 aromatic rings. The molecule has 2 aromatic carbocycles. The molecule has 0 bridgehead atoms. The second-order valence-electron chi connectivity index (χ2n) is 6.66. The number of carbonyl (C=O) groups is 1. The van der Waals surface area contributed by atoms with Crippen LogP contribution in [0.2, 0.25) is 0 Å². The number of hydrogen-bond donors (Lipinski definition) is 1. The first kappa shape index (κ1) is 17.6. The van der Waals surface area contributed by atoms with Gasteiger partial charge in [-0.2, -0.15) is 0 Å². The summed E-state index contributed by atoms with van der Waals surface area (Å²) in [5, 5.41) is 4.17. The highest BCUT2D eigenvalue weighted by atomic mass is 79.9. The minimum absolute atomic E-state index is 0.0310. The van der Waals surface area contributed by atoms with Crippen LogP contribution in [0.3, 0.4) is 0 Å². The smallest absolute Gasteiger partial charge is 0.238 e. The highest BCUT2D eigenvalue weighted by Gasteiger charge is 2.30. The zero-order chi connectivity index (χ0) is 18.1. The molecule has 1 aliphatic rings. The van der Waals surface area contributed by atoms with Crippen LogP contribution < -0.4 is 5.32 Å². The van der Waals surface area contributed by atoms with Crippen molar-refractivity contribution >= 4 is 49.1 Å². The number of para-hydroxylation sites is 1. The number of aryl methyl sites for hydroxylation is 1. The van der Waals surface area contributed by atoms with Crippen LogP contribution in [-0.2, 0) is 4.79 Å². The molecule has 0 radical (unpaired) electrons. The van der Waals surface area contributed by atoms with Crippen LogP contribution in [0.25, 0.3) is 10.2 Å². The molecular formula is C20H20BrN3OS. The Morgan fingerprint density at radius 2 is 2.19 bits per heavy atom. The number of thiazole rings is 1. The summed E-state index contributed by atoms with van der Waals surface area (Å²) in [4.78, 5) is 19.6. The first-order valence-electron chi connectivity index (χ1n) is 8.76.